The number of nitrogens with zero attached hydrogens (tertiary/aromatic N) is 1. The molecule has 0 aromatic heterocycles. The summed E-state index contributed by atoms with van der Waals surface area (Å²) in [7, 11) is -2.84. The number of aryl methyl sites for hydroxylation is 1. The molecular formula is C16H26N2O2S. The smallest absolute Gasteiger partial charge is 0.151 e. The third kappa shape index (κ3) is 5.32. The van der Waals surface area contributed by atoms with Crippen LogP contribution in [0, 0.1) is 6.92 Å². The van der Waals surface area contributed by atoms with E-state index in [1.165, 1.54) is 11.3 Å². The fourth-order valence-electron chi connectivity index (χ4n) is 2.68. The molecule has 2 rings (SSSR count). The fraction of sp³-hybridized carbons (Fsp3) is 0.625. The van der Waals surface area contributed by atoms with Crippen molar-refractivity contribution in [3.8, 4) is 0 Å². The first-order valence-corrected chi connectivity index (χ1v) is 9.56. The van der Waals surface area contributed by atoms with E-state index in [0.717, 1.165) is 25.9 Å². The fourth-order valence-corrected chi connectivity index (χ4v) is 3.51. The second-order valence-electron chi connectivity index (χ2n) is 5.87. The van der Waals surface area contributed by atoms with E-state index in [4.69, 9.17) is 0 Å². The van der Waals surface area contributed by atoms with Crippen molar-refractivity contribution < 1.29 is 8.42 Å². The highest BCUT2D eigenvalue weighted by molar-refractivity contribution is 7.91. The van der Waals surface area contributed by atoms with E-state index in [2.05, 4.69) is 41.4 Å². The molecule has 0 saturated carbocycles. The van der Waals surface area contributed by atoms with Crippen LogP contribution < -0.4 is 5.32 Å². The molecule has 21 heavy (non-hydrogen) atoms. The maximum atomic E-state index is 11.5. The molecular weight excluding hydrogens is 284 g/mol. The number of hydrogen-bond donors (Lipinski definition) is 1. The molecule has 1 N–H and O–H groups in total. The van der Waals surface area contributed by atoms with Crippen molar-refractivity contribution in [2.24, 2.45) is 0 Å². The molecule has 0 amide bonds. The van der Waals surface area contributed by atoms with Gasteiger partial charge in [0.05, 0.1) is 5.75 Å². The van der Waals surface area contributed by atoms with Crippen LogP contribution in [0.3, 0.4) is 0 Å². The zero-order valence-electron chi connectivity index (χ0n) is 13.0. The van der Waals surface area contributed by atoms with Crippen molar-refractivity contribution in [3.63, 3.8) is 0 Å². The van der Waals surface area contributed by atoms with Gasteiger partial charge in [0.2, 0.25) is 0 Å². The van der Waals surface area contributed by atoms with Gasteiger partial charge < -0.3 is 10.2 Å². The first kappa shape index (κ1) is 16.3. The Kier molecular flexibility index (Phi) is 5.65. The largest absolute Gasteiger partial charge is 0.382 e. The van der Waals surface area contributed by atoms with Crippen LogP contribution in [0.25, 0.3) is 0 Å². The lowest BCUT2D eigenvalue weighted by molar-refractivity contribution is 0.230. The van der Waals surface area contributed by atoms with Gasteiger partial charge in [-0.3, -0.25) is 0 Å². The molecule has 1 aromatic rings. The van der Waals surface area contributed by atoms with Gasteiger partial charge in [0.1, 0.15) is 0 Å². The van der Waals surface area contributed by atoms with Crippen LogP contribution in [0.15, 0.2) is 24.3 Å². The molecule has 1 heterocycles. The molecule has 0 spiro atoms. The Morgan fingerprint density at radius 1 is 1.29 bits per heavy atom. The minimum absolute atomic E-state index is 0.248. The lowest BCUT2D eigenvalue weighted by atomic mass is 10.0. The van der Waals surface area contributed by atoms with Crippen molar-refractivity contribution in [2.75, 3.05) is 36.5 Å². The van der Waals surface area contributed by atoms with E-state index >= 15 is 0 Å². The van der Waals surface area contributed by atoms with Gasteiger partial charge in [-0.1, -0.05) is 19.1 Å². The van der Waals surface area contributed by atoms with Crippen LogP contribution in [-0.2, 0) is 9.84 Å². The number of nitrogens with one attached hydrogen (secondary N) is 1. The Labute approximate surface area is 128 Å². The maximum Gasteiger partial charge on any atom is 0.151 e. The molecule has 4 nitrogen and oxygen atoms in total. The van der Waals surface area contributed by atoms with Crippen LogP contribution in [-0.4, -0.2) is 50.5 Å². The number of piperidine rings is 1. The third-order valence-corrected chi connectivity index (χ3v) is 5.82. The number of likely N-dealkylation sites (tertiary alicyclic amines) is 1. The lowest BCUT2D eigenvalue weighted by Gasteiger charge is -2.32. The molecule has 1 fully saturated rings. The van der Waals surface area contributed by atoms with Gasteiger partial charge in [-0.15, -0.1) is 0 Å². The average molecular weight is 310 g/mol. The predicted molar refractivity (Wildman–Crippen MR) is 88.6 cm³/mol. The first-order chi connectivity index (χ1) is 9.98. The highest BCUT2D eigenvalue weighted by atomic mass is 32.2. The van der Waals surface area contributed by atoms with Crippen LogP contribution in [0.5, 0.6) is 0 Å². The first-order valence-electron chi connectivity index (χ1n) is 7.74. The molecule has 0 bridgehead atoms. The number of hydrogen-bond acceptors (Lipinski definition) is 4. The maximum absolute atomic E-state index is 11.5. The molecule has 0 aliphatic carbocycles. The molecule has 0 atom stereocenters. The Bertz CT molecular complexity index is 549. The third-order valence-electron chi connectivity index (χ3n) is 4.13. The second kappa shape index (κ2) is 7.27. The number of anilines is 1. The average Bonchev–Trinajstić information content (AvgIpc) is 2.47. The molecule has 1 aliphatic rings. The quantitative estimate of drug-likeness (QED) is 0.876. The van der Waals surface area contributed by atoms with Crippen molar-refractivity contribution in [2.45, 2.75) is 32.7 Å². The summed E-state index contributed by atoms with van der Waals surface area (Å²) in [6.07, 6.45) is 2.14. The van der Waals surface area contributed by atoms with E-state index in [-0.39, 0.29) is 5.75 Å². The molecule has 5 heteroatoms. The van der Waals surface area contributed by atoms with Gasteiger partial charge in [-0.2, -0.15) is 0 Å². The van der Waals surface area contributed by atoms with E-state index < -0.39 is 9.84 Å². The Balaban J connectivity index is 1.76. The summed E-state index contributed by atoms with van der Waals surface area (Å²) in [5.41, 5.74) is 2.45. The molecule has 118 valence electrons. The Morgan fingerprint density at radius 2 is 2.00 bits per heavy atom. The zero-order chi connectivity index (χ0) is 15.3. The number of sulfone groups is 1. The topological polar surface area (TPSA) is 49.4 Å². The zero-order valence-corrected chi connectivity index (χ0v) is 13.8. The summed E-state index contributed by atoms with van der Waals surface area (Å²) in [6.45, 7) is 6.44. The summed E-state index contributed by atoms with van der Waals surface area (Å²) in [5, 5.41) is 3.58. The second-order valence-corrected chi connectivity index (χ2v) is 8.34. The van der Waals surface area contributed by atoms with Crippen LogP contribution in [0.4, 0.5) is 5.69 Å². The normalized spacial score (nSPS) is 17.8. The van der Waals surface area contributed by atoms with E-state index in [1.807, 2.05) is 0 Å². The number of benzene rings is 1. The van der Waals surface area contributed by atoms with Gasteiger partial charge in [-0.25, -0.2) is 8.42 Å². The van der Waals surface area contributed by atoms with Crippen molar-refractivity contribution >= 4 is 15.5 Å². The standard InChI is InChI=1S/C16H26N2O2S/c1-3-21(19,20)12-11-18-9-7-15(8-10-18)17-16-6-4-5-14(2)13-16/h4-6,13,15,17H,3,7-12H2,1-2H3. The lowest BCUT2D eigenvalue weighted by Crippen LogP contribution is -2.41. The van der Waals surface area contributed by atoms with Crippen LogP contribution in [0.2, 0.25) is 0 Å². The summed E-state index contributed by atoms with van der Waals surface area (Å²) in [5.74, 6) is 0.540. The van der Waals surface area contributed by atoms with Gasteiger partial charge in [-0.05, 0) is 37.5 Å². The Morgan fingerprint density at radius 3 is 2.62 bits per heavy atom. The van der Waals surface area contributed by atoms with Gasteiger partial charge in [0, 0.05) is 37.1 Å². The minimum atomic E-state index is -2.84. The molecule has 1 saturated heterocycles. The van der Waals surface area contributed by atoms with Crippen molar-refractivity contribution in [3.05, 3.63) is 29.8 Å². The SMILES string of the molecule is CCS(=O)(=O)CCN1CCC(Nc2cccc(C)c2)CC1. The van der Waals surface area contributed by atoms with Gasteiger partial charge in [0.15, 0.2) is 9.84 Å². The highest BCUT2D eigenvalue weighted by Gasteiger charge is 2.20. The monoisotopic (exact) mass is 310 g/mol. The van der Waals surface area contributed by atoms with Crippen LogP contribution >= 0.6 is 0 Å². The van der Waals surface area contributed by atoms with Gasteiger partial charge in [0.25, 0.3) is 0 Å². The van der Waals surface area contributed by atoms with Crippen molar-refractivity contribution in [1.82, 2.24) is 4.90 Å². The summed E-state index contributed by atoms with van der Waals surface area (Å²) < 4.78 is 23.1. The molecule has 0 radical (unpaired) electrons. The van der Waals surface area contributed by atoms with E-state index in [1.54, 1.807) is 6.92 Å². The molecule has 0 unspecified atom stereocenters. The summed E-state index contributed by atoms with van der Waals surface area (Å²) >= 11 is 0. The molecule has 1 aromatic carbocycles. The van der Waals surface area contributed by atoms with E-state index in [0.29, 0.717) is 18.3 Å². The highest BCUT2D eigenvalue weighted by Crippen LogP contribution is 2.17. The van der Waals surface area contributed by atoms with Crippen molar-refractivity contribution in [1.29, 1.82) is 0 Å². The number of rotatable bonds is 6. The van der Waals surface area contributed by atoms with Crippen LogP contribution in [0.1, 0.15) is 25.3 Å². The summed E-state index contributed by atoms with van der Waals surface area (Å²) in [6, 6.07) is 8.93. The molecule has 1 aliphatic heterocycles. The minimum Gasteiger partial charge on any atom is -0.382 e. The Hall–Kier alpha value is -1.07. The van der Waals surface area contributed by atoms with Gasteiger partial charge >= 0.3 is 0 Å². The summed E-state index contributed by atoms with van der Waals surface area (Å²) in [4.78, 5) is 2.27. The van der Waals surface area contributed by atoms with E-state index in [9.17, 15) is 8.42 Å². The predicted octanol–water partition coefficient (Wildman–Crippen LogP) is 2.31.